The van der Waals surface area contributed by atoms with Crippen molar-refractivity contribution in [3.8, 4) is 6.07 Å². The summed E-state index contributed by atoms with van der Waals surface area (Å²) in [4.78, 5) is 19.2. The van der Waals surface area contributed by atoms with Crippen molar-refractivity contribution in [2.24, 2.45) is 0 Å². The Hall–Kier alpha value is -1.90. The van der Waals surface area contributed by atoms with E-state index in [0.717, 1.165) is 32.7 Å². The summed E-state index contributed by atoms with van der Waals surface area (Å²) in [6.07, 6.45) is 0. The third-order valence-corrected chi connectivity index (χ3v) is 4.71. The van der Waals surface area contributed by atoms with Crippen LogP contribution in [0.1, 0.15) is 38.8 Å². The standard InChI is InChI=1S/C20H30N4O/c1-16(2)24(17(3)4)20(25)15-23-11-9-22(10-12-23)14-19-7-5-18(13-21)6-8-19/h5-8,16-17H,9-12,14-15H2,1-4H3. The fourth-order valence-corrected chi connectivity index (χ4v) is 3.49. The van der Waals surface area contributed by atoms with E-state index in [9.17, 15) is 4.79 Å². The number of hydrogen-bond acceptors (Lipinski definition) is 4. The van der Waals surface area contributed by atoms with Gasteiger partial charge in [0, 0.05) is 44.8 Å². The van der Waals surface area contributed by atoms with Gasteiger partial charge in [-0.1, -0.05) is 12.1 Å². The first-order chi connectivity index (χ1) is 11.9. The van der Waals surface area contributed by atoms with Crippen molar-refractivity contribution in [1.82, 2.24) is 14.7 Å². The second-order valence-electron chi connectivity index (χ2n) is 7.35. The summed E-state index contributed by atoms with van der Waals surface area (Å²) in [7, 11) is 0. The Morgan fingerprint density at radius 2 is 1.56 bits per heavy atom. The number of carbonyl (C=O) groups is 1. The molecule has 25 heavy (non-hydrogen) atoms. The van der Waals surface area contributed by atoms with E-state index in [1.54, 1.807) is 0 Å². The fourth-order valence-electron chi connectivity index (χ4n) is 3.49. The van der Waals surface area contributed by atoms with Crippen molar-refractivity contribution < 1.29 is 4.79 Å². The fraction of sp³-hybridized carbons (Fsp3) is 0.600. The lowest BCUT2D eigenvalue weighted by Gasteiger charge is -2.37. The minimum atomic E-state index is 0.227. The molecular formula is C20H30N4O. The van der Waals surface area contributed by atoms with Crippen LogP contribution in [0.15, 0.2) is 24.3 Å². The van der Waals surface area contributed by atoms with E-state index >= 15 is 0 Å². The van der Waals surface area contributed by atoms with Crippen LogP contribution in [0.5, 0.6) is 0 Å². The van der Waals surface area contributed by atoms with Crippen molar-refractivity contribution >= 4 is 5.91 Å². The van der Waals surface area contributed by atoms with Gasteiger partial charge < -0.3 is 4.90 Å². The van der Waals surface area contributed by atoms with E-state index < -0.39 is 0 Å². The van der Waals surface area contributed by atoms with Gasteiger partial charge in [0.2, 0.25) is 5.91 Å². The Morgan fingerprint density at radius 3 is 2.04 bits per heavy atom. The van der Waals surface area contributed by atoms with Crippen LogP contribution in [0.25, 0.3) is 0 Å². The molecule has 0 bridgehead atoms. The number of benzene rings is 1. The highest BCUT2D eigenvalue weighted by atomic mass is 16.2. The van der Waals surface area contributed by atoms with Gasteiger partial charge in [-0.05, 0) is 45.4 Å². The summed E-state index contributed by atoms with van der Waals surface area (Å²) in [5.74, 6) is 0.227. The van der Waals surface area contributed by atoms with Crippen LogP contribution < -0.4 is 0 Å². The molecule has 2 rings (SSSR count). The lowest BCUT2D eigenvalue weighted by molar-refractivity contribution is -0.136. The molecule has 136 valence electrons. The zero-order valence-corrected chi connectivity index (χ0v) is 15.9. The molecule has 1 aliphatic heterocycles. The maximum Gasteiger partial charge on any atom is 0.237 e. The maximum atomic E-state index is 12.6. The van der Waals surface area contributed by atoms with Crippen molar-refractivity contribution in [2.45, 2.75) is 46.3 Å². The molecule has 0 N–H and O–H groups in total. The van der Waals surface area contributed by atoms with Crippen LogP contribution >= 0.6 is 0 Å². The molecule has 0 saturated carbocycles. The average molecular weight is 342 g/mol. The number of piperazine rings is 1. The zero-order chi connectivity index (χ0) is 18.4. The second-order valence-corrected chi connectivity index (χ2v) is 7.35. The van der Waals surface area contributed by atoms with Crippen LogP contribution in [0.4, 0.5) is 0 Å². The number of amides is 1. The van der Waals surface area contributed by atoms with Crippen LogP contribution in [0.2, 0.25) is 0 Å². The third kappa shape index (κ3) is 5.55. The van der Waals surface area contributed by atoms with Crippen LogP contribution in [0.3, 0.4) is 0 Å². The smallest absolute Gasteiger partial charge is 0.237 e. The molecule has 5 nitrogen and oxygen atoms in total. The molecule has 0 unspecified atom stereocenters. The topological polar surface area (TPSA) is 50.6 Å². The third-order valence-electron chi connectivity index (χ3n) is 4.71. The number of hydrogen-bond donors (Lipinski definition) is 0. The summed E-state index contributed by atoms with van der Waals surface area (Å²) in [5, 5.41) is 8.86. The van der Waals surface area contributed by atoms with Crippen LogP contribution in [-0.2, 0) is 11.3 Å². The first kappa shape index (κ1) is 19.4. The largest absolute Gasteiger partial charge is 0.337 e. The average Bonchev–Trinajstić information content (AvgIpc) is 2.56. The Labute approximate surface area is 151 Å². The van der Waals surface area contributed by atoms with Crippen molar-refractivity contribution in [1.29, 1.82) is 5.26 Å². The lowest BCUT2D eigenvalue weighted by atomic mass is 10.1. The first-order valence-corrected chi connectivity index (χ1v) is 9.15. The van der Waals surface area contributed by atoms with Gasteiger partial charge in [-0.15, -0.1) is 0 Å². The van der Waals surface area contributed by atoms with Crippen LogP contribution in [-0.4, -0.2) is 65.4 Å². The van der Waals surface area contributed by atoms with E-state index in [2.05, 4.69) is 43.6 Å². The summed E-state index contributed by atoms with van der Waals surface area (Å²) in [5.41, 5.74) is 1.93. The van der Waals surface area contributed by atoms with Crippen molar-refractivity contribution in [3.63, 3.8) is 0 Å². The van der Waals surface area contributed by atoms with E-state index in [1.165, 1.54) is 5.56 Å². The molecule has 0 radical (unpaired) electrons. The molecule has 1 aromatic carbocycles. The van der Waals surface area contributed by atoms with Gasteiger partial charge in [-0.2, -0.15) is 5.26 Å². The monoisotopic (exact) mass is 342 g/mol. The molecule has 1 fully saturated rings. The molecule has 0 aliphatic carbocycles. The van der Waals surface area contributed by atoms with Crippen LogP contribution in [0, 0.1) is 11.3 Å². The highest BCUT2D eigenvalue weighted by molar-refractivity contribution is 5.78. The zero-order valence-electron chi connectivity index (χ0n) is 15.9. The minimum absolute atomic E-state index is 0.227. The molecule has 5 heteroatoms. The molecule has 0 atom stereocenters. The SMILES string of the molecule is CC(C)N(C(=O)CN1CCN(Cc2ccc(C#N)cc2)CC1)C(C)C. The quantitative estimate of drug-likeness (QED) is 0.796. The molecule has 0 aromatic heterocycles. The number of carbonyl (C=O) groups excluding carboxylic acids is 1. The van der Waals surface area contributed by atoms with Gasteiger partial charge in [0.05, 0.1) is 18.2 Å². The number of nitriles is 1. The number of rotatable bonds is 6. The van der Waals surface area contributed by atoms with Crippen molar-refractivity contribution in [2.75, 3.05) is 32.7 Å². The van der Waals surface area contributed by atoms with E-state index in [0.29, 0.717) is 12.1 Å². The van der Waals surface area contributed by atoms with E-state index in [1.807, 2.05) is 29.2 Å². The molecule has 1 aliphatic rings. The normalized spacial score (nSPS) is 16.2. The number of nitrogens with zero attached hydrogens (tertiary/aromatic N) is 4. The second kappa shape index (κ2) is 8.98. The van der Waals surface area contributed by atoms with E-state index in [-0.39, 0.29) is 18.0 Å². The van der Waals surface area contributed by atoms with Gasteiger partial charge in [-0.25, -0.2) is 0 Å². The molecule has 1 heterocycles. The summed E-state index contributed by atoms with van der Waals surface area (Å²) < 4.78 is 0. The highest BCUT2D eigenvalue weighted by Crippen LogP contribution is 2.11. The molecular weight excluding hydrogens is 312 g/mol. The minimum Gasteiger partial charge on any atom is -0.337 e. The van der Waals surface area contributed by atoms with Gasteiger partial charge in [0.25, 0.3) is 0 Å². The van der Waals surface area contributed by atoms with Gasteiger partial charge in [0.15, 0.2) is 0 Å². The summed E-state index contributed by atoms with van der Waals surface area (Å²) in [6.45, 7) is 13.5. The predicted octanol–water partition coefficient (Wildman–Crippen LogP) is 2.32. The van der Waals surface area contributed by atoms with Gasteiger partial charge >= 0.3 is 0 Å². The summed E-state index contributed by atoms with van der Waals surface area (Å²) in [6, 6.07) is 10.4. The Bertz CT molecular complexity index is 587. The van der Waals surface area contributed by atoms with E-state index in [4.69, 9.17) is 5.26 Å². The lowest BCUT2D eigenvalue weighted by Crippen LogP contribution is -2.52. The van der Waals surface area contributed by atoms with Gasteiger partial charge in [0.1, 0.15) is 0 Å². The van der Waals surface area contributed by atoms with Crippen molar-refractivity contribution in [3.05, 3.63) is 35.4 Å². The Balaban J connectivity index is 1.81. The Morgan fingerprint density at radius 1 is 1.04 bits per heavy atom. The molecule has 1 aromatic rings. The van der Waals surface area contributed by atoms with Gasteiger partial charge in [-0.3, -0.25) is 14.6 Å². The predicted molar refractivity (Wildman–Crippen MR) is 100.0 cm³/mol. The molecule has 1 saturated heterocycles. The molecule has 1 amide bonds. The maximum absolute atomic E-state index is 12.6. The Kier molecular flexibility index (Phi) is 6.98. The first-order valence-electron chi connectivity index (χ1n) is 9.15. The highest BCUT2D eigenvalue weighted by Gasteiger charge is 2.24. The summed E-state index contributed by atoms with van der Waals surface area (Å²) >= 11 is 0. The molecule has 0 spiro atoms.